The van der Waals surface area contributed by atoms with Gasteiger partial charge in [-0.15, -0.1) is 11.6 Å². The van der Waals surface area contributed by atoms with Crippen molar-refractivity contribution in [1.29, 1.82) is 0 Å². The van der Waals surface area contributed by atoms with Crippen LogP contribution < -0.4 is 0 Å². The fourth-order valence-corrected chi connectivity index (χ4v) is 1.88. The van der Waals surface area contributed by atoms with Crippen molar-refractivity contribution in [3.63, 3.8) is 0 Å². The zero-order chi connectivity index (χ0) is 9.10. The molecule has 0 radical (unpaired) electrons. The number of hydrogen-bond acceptors (Lipinski definition) is 2. The van der Waals surface area contributed by atoms with E-state index in [2.05, 4.69) is 16.0 Å². The first-order valence-electron chi connectivity index (χ1n) is 4.46. The molecule has 0 saturated heterocycles. The van der Waals surface area contributed by atoms with Crippen LogP contribution in [0.3, 0.4) is 0 Å². The molecule has 2 rings (SSSR count). The van der Waals surface area contributed by atoms with E-state index in [9.17, 15) is 0 Å². The average molecular weight is 195 g/mol. The zero-order valence-electron chi connectivity index (χ0n) is 7.28. The Morgan fingerprint density at radius 1 is 1.31 bits per heavy atom. The quantitative estimate of drug-likeness (QED) is 0.643. The van der Waals surface area contributed by atoms with Gasteiger partial charge in [0.1, 0.15) is 6.33 Å². The van der Waals surface area contributed by atoms with Gasteiger partial charge in [0, 0.05) is 18.0 Å². The van der Waals surface area contributed by atoms with Gasteiger partial charge in [-0.05, 0) is 24.8 Å². The number of nitrogens with zero attached hydrogens (tertiary/aromatic N) is 2. The Bertz CT molecular complexity index is 308. The standard InChI is InChI=1S/C10H11ClN2/c11-10-3-1-2-8(4-10)9-5-12-7-13-6-9/h4-7,10H,1-3H2. The highest BCUT2D eigenvalue weighted by Crippen LogP contribution is 2.28. The lowest BCUT2D eigenvalue weighted by Crippen LogP contribution is -2.03. The van der Waals surface area contributed by atoms with Crippen LogP contribution in [0.2, 0.25) is 0 Å². The van der Waals surface area contributed by atoms with E-state index in [4.69, 9.17) is 11.6 Å². The minimum atomic E-state index is 0.184. The van der Waals surface area contributed by atoms with Crippen LogP contribution in [-0.4, -0.2) is 15.3 Å². The molecule has 0 bridgehead atoms. The molecule has 1 aromatic heterocycles. The Labute approximate surface area is 82.7 Å². The molecule has 0 saturated carbocycles. The molecule has 0 fully saturated rings. The van der Waals surface area contributed by atoms with Gasteiger partial charge < -0.3 is 0 Å². The van der Waals surface area contributed by atoms with Gasteiger partial charge in [-0.2, -0.15) is 0 Å². The van der Waals surface area contributed by atoms with Crippen LogP contribution in [0.4, 0.5) is 0 Å². The first-order chi connectivity index (χ1) is 6.36. The van der Waals surface area contributed by atoms with Gasteiger partial charge in [0.05, 0.1) is 5.38 Å². The first kappa shape index (κ1) is 8.70. The summed E-state index contributed by atoms with van der Waals surface area (Å²) in [5, 5.41) is 0.184. The summed E-state index contributed by atoms with van der Waals surface area (Å²) in [5.41, 5.74) is 2.39. The van der Waals surface area contributed by atoms with Crippen molar-refractivity contribution in [3.8, 4) is 0 Å². The molecule has 68 valence electrons. The lowest BCUT2D eigenvalue weighted by Gasteiger charge is -2.15. The van der Waals surface area contributed by atoms with E-state index < -0.39 is 0 Å². The molecule has 13 heavy (non-hydrogen) atoms. The lowest BCUT2D eigenvalue weighted by atomic mass is 9.95. The SMILES string of the molecule is ClC1C=C(c2cncnc2)CCC1. The summed E-state index contributed by atoms with van der Waals surface area (Å²) >= 11 is 6.04. The lowest BCUT2D eigenvalue weighted by molar-refractivity contribution is 0.747. The molecule has 1 unspecified atom stereocenters. The van der Waals surface area contributed by atoms with Gasteiger partial charge in [-0.3, -0.25) is 0 Å². The molecule has 3 heteroatoms. The van der Waals surface area contributed by atoms with Gasteiger partial charge >= 0.3 is 0 Å². The monoisotopic (exact) mass is 194 g/mol. The van der Waals surface area contributed by atoms with Crippen LogP contribution >= 0.6 is 11.6 Å². The van der Waals surface area contributed by atoms with E-state index in [0.717, 1.165) is 24.8 Å². The molecule has 1 atom stereocenters. The highest BCUT2D eigenvalue weighted by atomic mass is 35.5. The van der Waals surface area contributed by atoms with E-state index in [0.29, 0.717) is 0 Å². The maximum absolute atomic E-state index is 6.04. The molecule has 2 nitrogen and oxygen atoms in total. The van der Waals surface area contributed by atoms with Gasteiger partial charge in [0.2, 0.25) is 0 Å². The fraction of sp³-hybridized carbons (Fsp3) is 0.400. The van der Waals surface area contributed by atoms with Crippen molar-refractivity contribution in [2.75, 3.05) is 0 Å². The van der Waals surface area contributed by atoms with Gasteiger partial charge in [-0.25, -0.2) is 9.97 Å². The largest absolute Gasteiger partial charge is 0.244 e. The summed E-state index contributed by atoms with van der Waals surface area (Å²) in [5.74, 6) is 0. The van der Waals surface area contributed by atoms with Crippen LogP contribution in [0.5, 0.6) is 0 Å². The normalized spacial score (nSPS) is 22.5. The number of alkyl halides is 1. The number of rotatable bonds is 1. The van der Waals surface area contributed by atoms with E-state index in [-0.39, 0.29) is 5.38 Å². The molecule has 0 aromatic carbocycles. The van der Waals surface area contributed by atoms with Crippen molar-refractivity contribution in [1.82, 2.24) is 9.97 Å². The Kier molecular flexibility index (Phi) is 2.60. The topological polar surface area (TPSA) is 25.8 Å². The second-order valence-corrected chi connectivity index (χ2v) is 3.79. The van der Waals surface area contributed by atoms with Gasteiger partial charge in [-0.1, -0.05) is 6.08 Å². The number of aromatic nitrogens is 2. The smallest absolute Gasteiger partial charge is 0.115 e. The Hall–Kier alpha value is -0.890. The Morgan fingerprint density at radius 3 is 2.77 bits per heavy atom. The third-order valence-electron chi connectivity index (χ3n) is 2.24. The molecule has 1 aliphatic carbocycles. The molecule has 0 spiro atoms. The summed E-state index contributed by atoms with van der Waals surface area (Å²) in [4.78, 5) is 7.98. The van der Waals surface area contributed by atoms with Crippen molar-refractivity contribution in [2.24, 2.45) is 0 Å². The predicted octanol–water partition coefficient (Wildman–Crippen LogP) is 2.65. The van der Waals surface area contributed by atoms with Crippen molar-refractivity contribution >= 4 is 17.2 Å². The van der Waals surface area contributed by atoms with Gasteiger partial charge in [0.15, 0.2) is 0 Å². The fourth-order valence-electron chi connectivity index (χ4n) is 1.58. The second kappa shape index (κ2) is 3.88. The summed E-state index contributed by atoms with van der Waals surface area (Å²) in [6, 6.07) is 0. The van der Waals surface area contributed by atoms with Crippen LogP contribution in [0.1, 0.15) is 24.8 Å². The molecule has 1 heterocycles. The minimum absolute atomic E-state index is 0.184. The summed E-state index contributed by atoms with van der Waals surface area (Å²) in [6.45, 7) is 0. The van der Waals surface area contributed by atoms with E-state index in [1.807, 2.05) is 12.4 Å². The molecular formula is C10H11ClN2. The average Bonchev–Trinajstić information content (AvgIpc) is 2.19. The maximum atomic E-state index is 6.04. The van der Waals surface area contributed by atoms with Crippen LogP contribution in [0.25, 0.3) is 5.57 Å². The van der Waals surface area contributed by atoms with Crippen molar-refractivity contribution < 1.29 is 0 Å². The molecule has 1 aliphatic rings. The van der Waals surface area contributed by atoms with Crippen LogP contribution in [0, 0.1) is 0 Å². The van der Waals surface area contributed by atoms with Gasteiger partial charge in [0.25, 0.3) is 0 Å². The summed E-state index contributed by atoms with van der Waals surface area (Å²) in [6.07, 6.45) is 10.7. The van der Waals surface area contributed by atoms with Crippen LogP contribution in [-0.2, 0) is 0 Å². The highest BCUT2D eigenvalue weighted by molar-refractivity contribution is 6.22. The number of halogens is 1. The summed E-state index contributed by atoms with van der Waals surface area (Å²) < 4.78 is 0. The first-order valence-corrected chi connectivity index (χ1v) is 4.90. The molecule has 0 amide bonds. The molecule has 1 aromatic rings. The number of hydrogen-bond donors (Lipinski definition) is 0. The predicted molar refractivity (Wildman–Crippen MR) is 53.5 cm³/mol. The molecular weight excluding hydrogens is 184 g/mol. The Balaban J connectivity index is 2.26. The van der Waals surface area contributed by atoms with Crippen molar-refractivity contribution in [2.45, 2.75) is 24.6 Å². The molecule has 0 N–H and O–H groups in total. The Morgan fingerprint density at radius 2 is 2.08 bits per heavy atom. The second-order valence-electron chi connectivity index (χ2n) is 3.23. The third-order valence-corrected chi connectivity index (χ3v) is 2.58. The molecule has 0 aliphatic heterocycles. The zero-order valence-corrected chi connectivity index (χ0v) is 8.04. The third kappa shape index (κ3) is 2.07. The maximum Gasteiger partial charge on any atom is 0.115 e. The van der Waals surface area contributed by atoms with E-state index in [1.54, 1.807) is 6.33 Å². The van der Waals surface area contributed by atoms with E-state index >= 15 is 0 Å². The number of allylic oxidation sites excluding steroid dienone is 2. The minimum Gasteiger partial charge on any atom is -0.244 e. The highest BCUT2D eigenvalue weighted by Gasteiger charge is 2.12. The van der Waals surface area contributed by atoms with E-state index in [1.165, 1.54) is 5.57 Å². The summed E-state index contributed by atoms with van der Waals surface area (Å²) in [7, 11) is 0. The van der Waals surface area contributed by atoms with Crippen LogP contribution in [0.15, 0.2) is 24.8 Å². The van der Waals surface area contributed by atoms with Crippen molar-refractivity contribution in [3.05, 3.63) is 30.4 Å².